The van der Waals surface area contributed by atoms with Crippen LogP contribution in [0.5, 0.6) is 0 Å². The molecule has 7 heteroatoms. The predicted octanol–water partition coefficient (Wildman–Crippen LogP) is 6.10. The summed E-state index contributed by atoms with van der Waals surface area (Å²) in [5.41, 5.74) is 5.57. The maximum Gasteiger partial charge on any atom is 0.333 e. The molecule has 0 saturated carbocycles. The highest BCUT2D eigenvalue weighted by Crippen LogP contribution is 2.38. The predicted molar refractivity (Wildman–Crippen MR) is 129 cm³/mol. The SMILES string of the molecule is C=C(C)C(=O)OCC1COC(c2c(Cl)cc(C=CC3=C(C)CN(CC)C=C3C)cc2Cl)O1. The van der Waals surface area contributed by atoms with Gasteiger partial charge in [0.15, 0.2) is 6.29 Å². The molecule has 1 aromatic rings. The molecule has 1 aromatic carbocycles. The van der Waals surface area contributed by atoms with Crippen LogP contribution in [0.15, 0.2) is 53.3 Å². The fraction of sp³-hybridized carbons (Fsp3) is 0.400. The molecule has 0 amide bonds. The maximum absolute atomic E-state index is 11.6. The summed E-state index contributed by atoms with van der Waals surface area (Å²) in [7, 11) is 0. The van der Waals surface area contributed by atoms with Gasteiger partial charge in [0.25, 0.3) is 0 Å². The zero-order valence-corrected chi connectivity index (χ0v) is 20.4. The molecule has 1 fully saturated rings. The first-order chi connectivity index (χ1) is 15.2. The molecule has 3 rings (SSSR count). The molecule has 0 bridgehead atoms. The Hall–Kier alpha value is -2.05. The van der Waals surface area contributed by atoms with Crippen molar-refractivity contribution in [3.8, 4) is 0 Å². The van der Waals surface area contributed by atoms with Gasteiger partial charge in [-0.25, -0.2) is 4.79 Å². The molecule has 0 aromatic heterocycles. The van der Waals surface area contributed by atoms with Crippen LogP contribution in [-0.2, 0) is 19.0 Å². The average Bonchev–Trinajstić information content (AvgIpc) is 3.19. The van der Waals surface area contributed by atoms with Crippen molar-refractivity contribution in [1.82, 2.24) is 4.90 Å². The lowest BCUT2D eigenvalue weighted by atomic mass is 9.97. The minimum atomic E-state index is -0.713. The molecule has 0 aliphatic carbocycles. The number of esters is 1. The summed E-state index contributed by atoms with van der Waals surface area (Å²) in [6, 6.07) is 3.69. The minimum absolute atomic E-state index is 0.0784. The third-order valence-electron chi connectivity index (χ3n) is 5.39. The van der Waals surface area contributed by atoms with E-state index in [9.17, 15) is 4.79 Å². The lowest BCUT2D eigenvalue weighted by Crippen LogP contribution is -2.23. The van der Waals surface area contributed by atoms with E-state index < -0.39 is 18.4 Å². The molecule has 0 radical (unpaired) electrons. The van der Waals surface area contributed by atoms with Crippen LogP contribution in [0, 0.1) is 0 Å². The van der Waals surface area contributed by atoms with Gasteiger partial charge in [-0.2, -0.15) is 0 Å². The summed E-state index contributed by atoms with van der Waals surface area (Å²) in [5, 5.41) is 0.918. The fourth-order valence-electron chi connectivity index (χ4n) is 3.68. The van der Waals surface area contributed by atoms with Crippen molar-refractivity contribution in [3.63, 3.8) is 0 Å². The second kappa shape index (κ2) is 10.7. The molecule has 2 heterocycles. The molecule has 1 saturated heterocycles. The van der Waals surface area contributed by atoms with Crippen molar-refractivity contribution in [3.05, 3.63) is 74.5 Å². The van der Waals surface area contributed by atoms with E-state index >= 15 is 0 Å². The first-order valence-corrected chi connectivity index (χ1v) is 11.3. The second-order valence-electron chi connectivity index (χ2n) is 8.10. The van der Waals surface area contributed by atoms with Gasteiger partial charge in [-0.05, 0) is 62.1 Å². The third kappa shape index (κ3) is 5.84. The van der Waals surface area contributed by atoms with Crippen LogP contribution in [0.3, 0.4) is 0 Å². The molecule has 2 aliphatic heterocycles. The van der Waals surface area contributed by atoms with E-state index in [2.05, 4.69) is 44.5 Å². The second-order valence-corrected chi connectivity index (χ2v) is 8.92. The van der Waals surface area contributed by atoms with Crippen molar-refractivity contribution in [1.29, 1.82) is 0 Å². The molecule has 0 N–H and O–H groups in total. The van der Waals surface area contributed by atoms with E-state index in [0.29, 0.717) is 21.2 Å². The standard InChI is InChI=1S/C25H29Cl2NO4/c1-6-28-11-16(4)20(17(5)12-28)8-7-18-9-21(26)23(22(27)10-18)25-31-14-19(32-25)13-30-24(29)15(2)3/h7-11,19,25H,2,6,12-14H2,1,3-5H3. The van der Waals surface area contributed by atoms with Gasteiger partial charge in [-0.3, -0.25) is 0 Å². The van der Waals surface area contributed by atoms with Gasteiger partial charge in [-0.15, -0.1) is 0 Å². The number of allylic oxidation sites excluding steroid dienone is 3. The van der Waals surface area contributed by atoms with Crippen LogP contribution in [-0.4, -0.2) is 43.3 Å². The molecule has 5 nitrogen and oxygen atoms in total. The first kappa shape index (κ1) is 24.6. The number of carbonyl (C=O) groups excluding carboxylic acids is 1. The van der Waals surface area contributed by atoms with Gasteiger partial charge in [0.05, 0.1) is 16.7 Å². The first-order valence-electron chi connectivity index (χ1n) is 10.6. The van der Waals surface area contributed by atoms with E-state index in [1.807, 2.05) is 18.2 Å². The molecular formula is C25H29Cl2NO4. The molecule has 32 heavy (non-hydrogen) atoms. The Morgan fingerprint density at radius 2 is 1.97 bits per heavy atom. The zero-order chi connectivity index (χ0) is 23.4. The monoisotopic (exact) mass is 477 g/mol. The van der Waals surface area contributed by atoms with E-state index in [0.717, 1.165) is 18.7 Å². The summed E-state index contributed by atoms with van der Waals surface area (Å²) in [6.45, 7) is 13.8. The largest absolute Gasteiger partial charge is 0.459 e. The van der Waals surface area contributed by atoms with Crippen molar-refractivity contribution in [2.45, 2.75) is 40.1 Å². The number of hydrogen-bond donors (Lipinski definition) is 0. The highest BCUT2D eigenvalue weighted by molar-refractivity contribution is 6.36. The number of rotatable bonds is 7. The Morgan fingerprint density at radius 3 is 2.56 bits per heavy atom. The van der Waals surface area contributed by atoms with Gasteiger partial charge in [-0.1, -0.05) is 41.9 Å². The van der Waals surface area contributed by atoms with Crippen LogP contribution in [0.4, 0.5) is 0 Å². The summed E-state index contributed by atoms with van der Waals surface area (Å²) in [6.07, 6.45) is 5.19. The van der Waals surface area contributed by atoms with Crippen LogP contribution < -0.4 is 0 Å². The Bertz CT molecular complexity index is 973. The smallest absolute Gasteiger partial charge is 0.333 e. The average molecular weight is 478 g/mol. The van der Waals surface area contributed by atoms with Gasteiger partial charge < -0.3 is 19.1 Å². The van der Waals surface area contributed by atoms with Crippen molar-refractivity contribution < 1.29 is 19.0 Å². The van der Waals surface area contributed by atoms with Gasteiger partial charge in [0, 0.05) is 30.4 Å². The van der Waals surface area contributed by atoms with Crippen LogP contribution in [0.25, 0.3) is 6.08 Å². The third-order valence-corrected chi connectivity index (χ3v) is 6.01. The summed E-state index contributed by atoms with van der Waals surface area (Å²) in [5.74, 6) is -0.458. The van der Waals surface area contributed by atoms with Crippen LogP contribution >= 0.6 is 23.2 Å². The number of ether oxygens (including phenoxy) is 3. The topological polar surface area (TPSA) is 48.0 Å². The number of halogens is 2. The molecule has 2 atom stereocenters. The molecule has 0 spiro atoms. The van der Waals surface area contributed by atoms with Crippen LogP contribution in [0.1, 0.15) is 45.1 Å². The number of benzene rings is 1. The van der Waals surface area contributed by atoms with Crippen molar-refractivity contribution in [2.75, 3.05) is 26.3 Å². The van der Waals surface area contributed by atoms with Crippen molar-refractivity contribution in [2.24, 2.45) is 0 Å². The number of carbonyl (C=O) groups is 1. The molecule has 2 unspecified atom stereocenters. The summed E-state index contributed by atoms with van der Waals surface area (Å²) >= 11 is 13.1. The fourth-order valence-corrected chi connectivity index (χ4v) is 4.36. The number of likely N-dealkylation sites (N-methyl/N-ethyl adjacent to an activating group) is 1. The summed E-state index contributed by atoms with van der Waals surface area (Å²) in [4.78, 5) is 13.9. The van der Waals surface area contributed by atoms with Crippen LogP contribution in [0.2, 0.25) is 10.0 Å². The van der Waals surface area contributed by atoms with Gasteiger partial charge in [0.1, 0.15) is 12.7 Å². The Kier molecular flexibility index (Phi) is 8.23. The quantitative estimate of drug-likeness (QED) is 0.350. The van der Waals surface area contributed by atoms with E-state index in [1.54, 1.807) is 6.92 Å². The highest BCUT2D eigenvalue weighted by Gasteiger charge is 2.31. The van der Waals surface area contributed by atoms with Crippen molar-refractivity contribution >= 4 is 35.2 Å². The number of hydrogen-bond acceptors (Lipinski definition) is 5. The lowest BCUT2D eigenvalue weighted by molar-refractivity contribution is -0.143. The maximum atomic E-state index is 11.6. The zero-order valence-electron chi connectivity index (χ0n) is 18.9. The number of nitrogens with zero attached hydrogens (tertiary/aromatic N) is 1. The molecule has 2 aliphatic rings. The minimum Gasteiger partial charge on any atom is -0.459 e. The van der Waals surface area contributed by atoms with Gasteiger partial charge >= 0.3 is 5.97 Å². The summed E-state index contributed by atoms with van der Waals surface area (Å²) < 4.78 is 16.7. The lowest BCUT2D eigenvalue weighted by Gasteiger charge is -2.26. The van der Waals surface area contributed by atoms with E-state index in [-0.39, 0.29) is 13.2 Å². The normalized spacial score (nSPS) is 21.3. The Labute approximate surface area is 199 Å². The van der Waals surface area contributed by atoms with E-state index in [4.69, 9.17) is 37.4 Å². The Morgan fingerprint density at radius 1 is 1.28 bits per heavy atom. The van der Waals surface area contributed by atoms with E-state index in [1.165, 1.54) is 16.7 Å². The molecule has 172 valence electrons. The highest BCUT2D eigenvalue weighted by atomic mass is 35.5. The Balaban J connectivity index is 1.70. The molecular weight excluding hydrogens is 449 g/mol. The van der Waals surface area contributed by atoms with Gasteiger partial charge in [0.2, 0.25) is 0 Å².